The fourth-order valence-corrected chi connectivity index (χ4v) is 33.0. The Balaban J connectivity index is 0.0000000905. The van der Waals surface area contributed by atoms with Crippen LogP contribution in [0.25, 0.3) is 0 Å². The lowest BCUT2D eigenvalue weighted by molar-refractivity contribution is -0.170. The number of carbonyl (C=O) groups is 9. The van der Waals surface area contributed by atoms with E-state index in [4.69, 9.17) is 52.1 Å². The Hall–Kier alpha value is -4.85. The van der Waals surface area contributed by atoms with Crippen LogP contribution in [0.1, 0.15) is 211 Å². The van der Waals surface area contributed by atoms with Crippen molar-refractivity contribution in [3.63, 3.8) is 0 Å². The van der Waals surface area contributed by atoms with Crippen molar-refractivity contribution in [3.8, 4) is 0 Å². The van der Waals surface area contributed by atoms with Crippen LogP contribution in [0.3, 0.4) is 0 Å². The Labute approximate surface area is 670 Å². The van der Waals surface area contributed by atoms with E-state index < -0.39 is 0 Å². The van der Waals surface area contributed by atoms with Crippen LogP contribution in [0.2, 0.25) is 0 Å². The minimum absolute atomic E-state index is 0.0167. The van der Waals surface area contributed by atoms with Crippen molar-refractivity contribution in [2.75, 3.05) is 60.0 Å². The number of ether oxygens (including phenoxy) is 11. The number of hydrogen-bond acceptors (Lipinski definition) is 20. The summed E-state index contributed by atoms with van der Waals surface area (Å²) < 4.78 is 58.8. The van der Waals surface area contributed by atoms with Gasteiger partial charge in [0.15, 0.2) is 0 Å². The molecule has 0 aromatic heterocycles. The molecule has 0 radical (unpaired) electrons. The molecule has 626 valence electrons. The highest BCUT2D eigenvalue weighted by Gasteiger charge is 2.70. The maximum atomic E-state index is 12.8. The van der Waals surface area contributed by atoms with Crippen molar-refractivity contribution in [2.24, 2.45) is 230 Å². The third-order valence-electron chi connectivity index (χ3n) is 38.5. The summed E-state index contributed by atoms with van der Waals surface area (Å²) in [5.41, 5.74) is -0.302. The Kier molecular flexibility index (Phi) is 21.1. The second-order valence-electron chi connectivity index (χ2n) is 42.5. The van der Waals surface area contributed by atoms with E-state index in [1.165, 1.54) is 70.6 Å². The van der Waals surface area contributed by atoms with Crippen molar-refractivity contribution < 1.29 is 95.3 Å². The first-order valence-corrected chi connectivity index (χ1v) is 46.0. The summed E-state index contributed by atoms with van der Waals surface area (Å²) in [5.74, 6) is 20.0. The van der Waals surface area contributed by atoms with Gasteiger partial charge < -0.3 is 52.1 Å². The van der Waals surface area contributed by atoms with Gasteiger partial charge in [0.2, 0.25) is 0 Å². The first kappa shape index (κ1) is 79.3. The summed E-state index contributed by atoms with van der Waals surface area (Å²) in [6, 6.07) is 0. The number of carbonyl (C=O) groups excluding carboxylic acids is 9. The Morgan fingerprint density at radius 1 is 0.389 bits per heavy atom. The van der Waals surface area contributed by atoms with Crippen molar-refractivity contribution in [1.82, 2.24) is 0 Å². The Morgan fingerprint density at radius 3 is 1.44 bits per heavy atom. The zero-order valence-corrected chi connectivity index (χ0v) is 69.8. The third kappa shape index (κ3) is 12.6. The van der Waals surface area contributed by atoms with Gasteiger partial charge in [-0.3, -0.25) is 43.2 Å². The Bertz CT molecular complexity index is 3680. The molecule has 20 heteroatoms. The maximum absolute atomic E-state index is 12.8. The van der Waals surface area contributed by atoms with Gasteiger partial charge in [0.1, 0.15) is 11.7 Å². The summed E-state index contributed by atoms with van der Waals surface area (Å²) in [5, 5.41) is 0. The number of esters is 9. The van der Waals surface area contributed by atoms with Gasteiger partial charge in [0, 0.05) is 49.2 Å². The molecule has 8 saturated heterocycles. The molecule has 0 N–H and O–H groups in total. The summed E-state index contributed by atoms with van der Waals surface area (Å²) in [7, 11) is 1.76. The molecule has 16 bridgehead atoms. The number of cyclic esters (lactones) is 7. The molecule has 25 aliphatic rings. The SMILES string of the molecule is CC1C(C)C2CC1C1COC(=O)C21.CC1CC2CC1C1(CCOC1=O)C2.CC1CC2CC1C1C(=O)OCC21.CC1CC2CC1C1COC(=O)C21.CC1CC2CC1CC21CCOC1=O.CCC1(OC(=O)C2C3CC4C(OC(=O)C42)C3C)CCCC1.CCOC1C(C)C2CC1C1C(=O)OCC21.COC1C(C)C2CC1C1C(=O)OCC21. The molecule has 8 aliphatic heterocycles. The van der Waals surface area contributed by atoms with E-state index >= 15 is 0 Å². The molecule has 42 atom stereocenters. The van der Waals surface area contributed by atoms with E-state index in [1.54, 1.807) is 7.11 Å². The second-order valence-corrected chi connectivity index (χ2v) is 42.5. The summed E-state index contributed by atoms with van der Waals surface area (Å²) in [6.07, 6.45) is 25.0. The lowest BCUT2D eigenvalue weighted by Gasteiger charge is -2.33. The normalized spacial score (nSPS) is 53.0. The van der Waals surface area contributed by atoms with Crippen LogP contribution in [0.5, 0.6) is 0 Å². The van der Waals surface area contributed by atoms with Crippen molar-refractivity contribution in [2.45, 2.75) is 235 Å². The van der Waals surface area contributed by atoms with E-state index in [2.05, 4.69) is 69.2 Å². The molecule has 17 aliphatic carbocycles. The third-order valence-corrected chi connectivity index (χ3v) is 38.5. The van der Waals surface area contributed by atoms with Crippen LogP contribution in [0.15, 0.2) is 0 Å². The zero-order chi connectivity index (χ0) is 79.1. The standard InChI is InChI=1S/C17H24O4.C12H18O3.C11H16O3.3C11H16O2.2C10H14O2/c1-3-17(6-4-5-7-17)21-16(19)12-10-8-11-13(12)15(18)20-14(11)9(10)2;1-3-14-11-6(2)7-4-8(11)10-9(7)5-15-12(10)13;1-5-6-3-7(10(5)13-2)9-8(6)4-14-11(9)12;1-5-6(2)8-3-7(5)9-4-13-11(12)10(8)9;1-7-4-9-5-8(7)6-11(9)2-3-13-10(11)12;1-7-4-8-5-9(7)11(6-8)2-3-13-10(11)12;1-5-2-6-3-7(5)8-4-12-10(11)9(6)8;1-5-2-6-3-7(5)9-8(6)4-12-10(9)11/h9-14H,3-8H2,1-2H3;6-11H,3-5H2,1-2H3;5-10H,3-4H2,1-2H3;5-10H,3-4H2,1-2H3;2*7-9H,2-6H2,1H3;2*5-9H,2-4H2,1H3. The van der Waals surface area contributed by atoms with E-state index in [0.29, 0.717) is 152 Å². The number of hydrogen-bond donors (Lipinski definition) is 0. The van der Waals surface area contributed by atoms with Gasteiger partial charge in [-0.1, -0.05) is 69.2 Å². The van der Waals surface area contributed by atoms with Gasteiger partial charge in [0.25, 0.3) is 0 Å². The quantitative estimate of drug-likeness (QED) is 0.177. The molecular formula is C93H134O20. The largest absolute Gasteiger partial charge is 0.465 e. The van der Waals surface area contributed by atoms with Gasteiger partial charge in [-0.15, -0.1) is 0 Å². The number of methoxy groups -OCH3 is 1. The fraction of sp³-hybridized carbons (Fsp3) is 0.903. The molecule has 17 saturated carbocycles. The van der Waals surface area contributed by atoms with E-state index in [1.807, 2.05) is 6.92 Å². The zero-order valence-electron chi connectivity index (χ0n) is 69.8. The monoisotopic (exact) mass is 1570 g/mol. The first-order chi connectivity index (χ1) is 54.2. The minimum Gasteiger partial charge on any atom is -0.465 e. The molecule has 25 rings (SSSR count). The molecule has 0 aromatic rings. The lowest BCUT2D eigenvalue weighted by atomic mass is 9.68. The highest BCUT2D eigenvalue weighted by atomic mass is 16.6. The molecule has 42 unspecified atom stereocenters. The predicted octanol–water partition coefficient (Wildman–Crippen LogP) is 13.8. The van der Waals surface area contributed by atoms with Crippen molar-refractivity contribution in [1.29, 1.82) is 0 Å². The molecule has 113 heavy (non-hydrogen) atoms. The summed E-state index contributed by atoms with van der Waals surface area (Å²) >= 11 is 0. The van der Waals surface area contributed by atoms with Gasteiger partial charge in [0.05, 0.1) is 111 Å². The first-order valence-electron chi connectivity index (χ1n) is 46.0. The van der Waals surface area contributed by atoms with Crippen LogP contribution < -0.4 is 0 Å². The highest BCUT2D eigenvalue weighted by molar-refractivity contribution is 5.86. The predicted molar refractivity (Wildman–Crippen MR) is 409 cm³/mol. The van der Waals surface area contributed by atoms with Crippen molar-refractivity contribution in [3.05, 3.63) is 0 Å². The molecule has 8 heterocycles. The van der Waals surface area contributed by atoms with Crippen LogP contribution in [-0.2, 0) is 95.3 Å². The van der Waals surface area contributed by atoms with Gasteiger partial charge in [-0.25, -0.2) is 0 Å². The molecular weight excluding hydrogens is 1440 g/mol. The van der Waals surface area contributed by atoms with E-state index in [9.17, 15) is 43.2 Å². The van der Waals surface area contributed by atoms with Gasteiger partial charge >= 0.3 is 53.7 Å². The summed E-state index contributed by atoms with van der Waals surface area (Å²) in [4.78, 5) is 106. The Morgan fingerprint density at radius 2 is 0.894 bits per heavy atom. The van der Waals surface area contributed by atoms with Gasteiger partial charge in [-0.05, 0) is 284 Å². The topological polar surface area (TPSA) is 255 Å². The molecule has 0 aromatic carbocycles. The smallest absolute Gasteiger partial charge is 0.312 e. The van der Waals surface area contributed by atoms with Gasteiger partial charge in [-0.2, -0.15) is 0 Å². The fourth-order valence-electron chi connectivity index (χ4n) is 33.0. The molecule has 25 fully saturated rings. The molecule has 2 spiro atoms. The average Bonchev–Trinajstić information content (AvgIpc) is 1.52. The lowest BCUT2D eigenvalue weighted by Crippen LogP contribution is -2.41. The van der Waals surface area contributed by atoms with Crippen LogP contribution in [0, 0.1) is 230 Å². The average molecular weight is 1570 g/mol. The van der Waals surface area contributed by atoms with Crippen LogP contribution in [0.4, 0.5) is 0 Å². The van der Waals surface area contributed by atoms with E-state index in [0.717, 1.165) is 149 Å². The maximum Gasteiger partial charge on any atom is 0.312 e. The number of rotatable bonds is 6. The molecule has 0 amide bonds. The highest BCUT2D eigenvalue weighted by Crippen LogP contribution is 2.67. The van der Waals surface area contributed by atoms with Crippen molar-refractivity contribution >= 4 is 53.7 Å². The number of fused-ring (bicyclic) bond motifs is 32. The summed E-state index contributed by atoms with van der Waals surface area (Å²) in [6.45, 7) is 30.2. The minimum atomic E-state index is -0.260. The van der Waals surface area contributed by atoms with Crippen LogP contribution in [-0.4, -0.2) is 138 Å². The molecule has 20 nitrogen and oxygen atoms in total. The second kappa shape index (κ2) is 30.1. The van der Waals surface area contributed by atoms with Crippen LogP contribution >= 0.6 is 0 Å². The van der Waals surface area contributed by atoms with E-state index in [-0.39, 0.29) is 124 Å².